The zero-order valence-corrected chi connectivity index (χ0v) is 14.8. The van der Waals surface area contributed by atoms with Crippen molar-refractivity contribution in [2.24, 2.45) is 0 Å². The fraction of sp³-hybridized carbons (Fsp3) is 0.300. The number of benzene rings is 2. The lowest BCUT2D eigenvalue weighted by molar-refractivity contribution is 0.337. The van der Waals surface area contributed by atoms with Crippen LogP contribution in [0.15, 0.2) is 53.2 Å². The number of furan rings is 1. The number of rotatable bonds is 4. The molecule has 0 saturated carbocycles. The summed E-state index contributed by atoms with van der Waals surface area (Å²) in [5, 5.41) is 10.1. The predicted molar refractivity (Wildman–Crippen MR) is 99.3 cm³/mol. The van der Waals surface area contributed by atoms with E-state index in [-0.39, 0.29) is 5.54 Å². The van der Waals surface area contributed by atoms with Crippen LogP contribution >= 0.6 is 0 Å². The number of nitrogens with one attached hydrogen (secondary N) is 1. The molecule has 2 aromatic heterocycles. The van der Waals surface area contributed by atoms with E-state index in [0.717, 1.165) is 34.3 Å². The van der Waals surface area contributed by atoms with E-state index in [2.05, 4.69) is 54.4 Å². The van der Waals surface area contributed by atoms with Gasteiger partial charge in [-0.2, -0.15) is 5.10 Å². The molecule has 0 saturated heterocycles. The van der Waals surface area contributed by atoms with Crippen molar-refractivity contribution in [2.75, 3.05) is 0 Å². The number of fused-ring (bicyclic) bond motifs is 3. The summed E-state index contributed by atoms with van der Waals surface area (Å²) in [5.41, 5.74) is 3.02. The SMILES string of the molecule is CC(C)(C)n1ncnc1CNCc1ccc2oc3ccccc3c2c1. The number of hydrogen-bond donors (Lipinski definition) is 1. The summed E-state index contributed by atoms with van der Waals surface area (Å²) < 4.78 is 7.85. The van der Waals surface area contributed by atoms with Gasteiger partial charge < -0.3 is 9.73 Å². The molecule has 128 valence electrons. The maximum Gasteiger partial charge on any atom is 0.141 e. The Balaban J connectivity index is 1.52. The highest BCUT2D eigenvalue weighted by Gasteiger charge is 2.17. The Morgan fingerprint density at radius 2 is 1.80 bits per heavy atom. The zero-order chi connectivity index (χ0) is 17.4. The monoisotopic (exact) mass is 334 g/mol. The molecule has 4 aromatic rings. The van der Waals surface area contributed by atoms with Gasteiger partial charge in [0.1, 0.15) is 23.3 Å². The first-order valence-corrected chi connectivity index (χ1v) is 8.53. The Bertz CT molecular complexity index is 1020. The fourth-order valence-electron chi connectivity index (χ4n) is 3.15. The second-order valence-corrected chi connectivity index (χ2v) is 7.29. The summed E-state index contributed by atoms with van der Waals surface area (Å²) in [6.07, 6.45) is 1.62. The van der Waals surface area contributed by atoms with Gasteiger partial charge in [-0.3, -0.25) is 0 Å². The summed E-state index contributed by atoms with van der Waals surface area (Å²) in [7, 11) is 0. The first-order chi connectivity index (χ1) is 12.0. The molecule has 2 heterocycles. The van der Waals surface area contributed by atoms with Crippen molar-refractivity contribution >= 4 is 21.9 Å². The Hall–Kier alpha value is -2.66. The molecule has 1 N–H and O–H groups in total. The van der Waals surface area contributed by atoms with E-state index < -0.39 is 0 Å². The third-order valence-corrected chi connectivity index (χ3v) is 4.31. The van der Waals surface area contributed by atoms with Gasteiger partial charge in [0.05, 0.1) is 12.1 Å². The van der Waals surface area contributed by atoms with Gasteiger partial charge in [-0.25, -0.2) is 9.67 Å². The lowest BCUT2D eigenvalue weighted by atomic mass is 10.1. The first kappa shape index (κ1) is 15.8. The van der Waals surface area contributed by atoms with Gasteiger partial charge in [-0.1, -0.05) is 24.3 Å². The average molecular weight is 334 g/mol. The maximum atomic E-state index is 5.88. The van der Waals surface area contributed by atoms with Crippen LogP contribution in [0.5, 0.6) is 0 Å². The van der Waals surface area contributed by atoms with Gasteiger partial charge in [0.25, 0.3) is 0 Å². The molecule has 5 nitrogen and oxygen atoms in total. The molecule has 0 radical (unpaired) electrons. The normalized spacial score (nSPS) is 12.3. The van der Waals surface area contributed by atoms with E-state index in [4.69, 9.17) is 4.42 Å². The molecule has 0 unspecified atom stereocenters. The van der Waals surface area contributed by atoms with Crippen molar-refractivity contribution in [1.29, 1.82) is 0 Å². The molecule has 0 spiro atoms. The minimum absolute atomic E-state index is 0.0673. The second-order valence-electron chi connectivity index (χ2n) is 7.29. The van der Waals surface area contributed by atoms with E-state index in [0.29, 0.717) is 6.54 Å². The van der Waals surface area contributed by atoms with Gasteiger partial charge in [0.2, 0.25) is 0 Å². The van der Waals surface area contributed by atoms with Crippen molar-refractivity contribution < 1.29 is 4.42 Å². The van der Waals surface area contributed by atoms with Crippen LogP contribution in [0.3, 0.4) is 0 Å². The Labute approximate surface area is 146 Å². The van der Waals surface area contributed by atoms with Gasteiger partial charge in [0.15, 0.2) is 0 Å². The summed E-state index contributed by atoms with van der Waals surface area (Å²) in [6, 6.07) is 14.5. The van der Waals surface area contributed by atoms with Crippen LogP contribution in [0.4, 0.5) is 0 Å². The lowest BCUT2D eigenvalue weighted by Gasteiger charge is -2.21. The molecule has 0 fully saturated rings. The topological polar surface area (TPSA) is 55.9 Å². The molecule has 0 aliphatic rings. The van der Waals surface area contributed by atoms with Crippen molar-refractivity contribution in [2.45, 2.75) is 39.4 Å². The Morgan fingerprint density at radius 1 is 1.00 bits per heavy atom. The highest BCUT2D eigenvalue weighted by atomic mass is 16.3. The zero-order valence-electron chi connectivity index (χ0n) is 14.8. The van der Waals surface area contributed by atoms with Crippen molar-refractivity contribution in [1.82, 2.24) is 20.1 Å². The molecule has 0 amide bonds. The van der Waals surface area contributed by atoms with Crippen LogP contribution < -0.4 is 5.32 Å². The largest absolute Gasteiger partial charge is 0.456 e. The Morgan fingerprint density at radius 3 is 2.64 bits per heavy atom. The minimum atomic E-state index is -0.0673. The maximum absolute atomic E-state index is 5.88. The smallest absolute Gasteiger partial charge is 0.141 e. The van der Waals surface area contributed by atoms with Crippen molar-refractivity contribution in [3.63, 3.8) is 0 Å². The Kier molecular flexibility index (Phi) is 3.81. The second kappa shape index (κ2) is 6.01. The summed E-state index contributed by atoms with van der Waals surface area (Å²) >= 11 is 0. The third-order valence-electron chi connectivity index (χ3n) is 4.31. The molecular weight excluding hydrogens is 312 g/mol. The van der Waals surface area contributed by atoms with E-state index >= 15 is 0 Å². The molecule has 4 rings (SSSR count). The van der Waals surface area contributed by atoms with Gasteiger partial charge >= 0.3 is 0 Å². The number of aromatic nitrogens is 3. The molecule has 0 bridgehead atoms. The molecule has 0 aliphatic heterocycles. The number of nitrogens with zero attached hydrogens (tertiary/aromatic N) is 3. The van der Waals surface area contributed by atoms with Crippen LogP contribution in [0.2, 0.25) is 0 Å². The van der Waals surface area contributed by atoms with Crippen molar-refractivity contribution in [3.8, 4) is 0 Å². The number of para-hydroxylation sites is 1. The molecular formula is C20H22N4O. The van der Waals surface area contributed by atoms with E-state index in [9.17, 15) is 0 Å². The third kappa shape index (κ3) is 3.03. The molecule has 0 atom stereocenters. The summed E-state index contributed by atoms with van der Waals surface area (Å²) in [5.74, 6) is 0.947. The molecule has 0 aliphatic carbocycles. The van der Waals surface area contributed by atoms with Crippen LogP contribution in [-0.4, -0.2) is 14.8 Å². The predicted octanol–water partition coefficient (Wildman–Crippen LogP) is 4.22. The minimum Gasteiger partial charge on any atom is -0.456 e. The van der Waals surface area contributed by atoms with Gasteiger partial charge in [-0.15, -0.1) is 0 Å². The number of hydrogen-bond acceptors (Lipinski definition) is 4. The molecule has 25 heavy (non-hydrogen) atoms. The summed E-state index contributed by atoms with van der Waals surface area (Å²) in [6.45, 7) is 7.84. The molecule has 2 aromatic carbocycles. The van der Waals surface area contributed by atoms with Gasteiger partial charge in [0, 0.05) is 17.3 Å². The van der Waals surface area contributed by atoms with Gasteiger partial charge in [-0.05, 0) is 44.5 Å². The fourth-order valence-corrected chi connectivity index (χ4v) is 3.15. The van der Waals surface area contributed by atoms with Crippen LogP contribution in [0, 0.1) is 0 Å². The lowest BCUT2D eigenvalue weighted by Crippen LogP contribution is -2.28. The van der Waals surface area contributed by atoms with Crippen LogP contribution in [0.25, 0.3) is 21.9 Å². The van der Waals surface area contributed by atoms with E-state index in [1.807, 2.05) is 28.9 Å². The highest BCUT2D eigenvalue weighted by Crippen LogP contribution is 2.29. The van der Waals surface area contributed by atoms with Crippen LogP contribution in [0.1, 0.15) is 32.2 Å². The molecule has 5 heteroatoms. The first-order valence-electron chi connectivity index (χ1n) is 8.53. The summed E-state index contributed by atoms with van der Waals surface area (Å²) in [4.78, 5) is 4.37. The van der Waals surface area contributed by atoms with Crippen molar-refractivity contribution in [3.05, 3.63) is 60.2 Å². The van der Waals surface area contributed by atoms with Crippen LogP contribution in [-0.2, 0) is 18.6 Å². The standard InChI is InChI=1S/C20H22N4O/c1-20(2,3)24-19(22-13-23-24)12-21-11-14-8-9-18-16(10-14)15-6-4-5-7-17(15)25-18/h4-10,13,21H,11-12H2,1-3H3. The average Bonchev–Trinajstić information content (AvgIpc) is 3.19. The van der Waals surface area contributed by atoms with E-state index in [1.165, 1.54) is 5.56 Å². The quantitative estimate of drug-likeness (QED) is 0.607. The highest BCUT2D eigenvalue weighted by molar-refractivity contribution is 6.04. The van der Waals surface area contributed by atoms with E-state index in [1.54, 1.807) is 6.33 Å².